The lowest BCUT2D eigenvalue weighted by atomic mass is 9.92. The van der Waals surface area contributed by atoms with Crippen LogP contribution < -0.4 is 15.2 Å². The van der Waals surface area contributed by atoms with Gasteiger partial charge in [0.05, 0.1) is 0 Å². The van der Waals surface area contributed by atoms with Crippen LogP contribution in [0.1, 0.15) is 11.1 Å². The Balaban J connectivity index is 2.03. The zero-order valence-corrected chi connectivity index (χ0v) is 9.47. The molecule has 3 N–H and O–H groups in total. The normalized spacial score (nSPS) is 12.9. The Hall–Kier alpha value is -2.43. The highest BCUT2D eigenvalue weighted by molar-refractivity contribution is 5.97. The van der Waals surface area contributed by atoms with Gasteiger partial charge in [-0.1, -0.05) is 6.07 Å². The zero-order chi connectivity index (χ0) is 12.5. The SMILES string of the molecule is NC(=O)[C](c1cc[nH]c1)c1ccc2c(c1)OCO2. The summed E-state index contributed by atoms with van der Waals surface area (Å²) >= 11 is 0. The molecule has 0 fully saturated rings. The second-order valence-corrected chi connectivity index (χ2v) is 3.91. The first-order valence-corrected chi connectivity index (χ1v) is 5.45. The van der Waals surface area contributed by atoms with Crippen LogP contribution in [0.2, 0.25) is 0 Å². The summed E-state index contributed by atoms with van der Waals surface area (Å²) in [5, 5.41) is 0. The Morgan fingerprint density at radius 1 is 1.17 bits per heavy atom. The molecule has 1 aromatic carbocycles. The van der Waals surface area contributed by atoms with Gasteiger partial charge in [0.2, 0.25) is 12.7 Å². The van der Waals surface area contributed by atoms with E-state index in [1.54, 1.807) is 36.7 Å². The highest BCUT2D eigenvalue weighted by Gasteiger charge is 2.24. The number of hydrogen-bond donors (Lipinski definition) is 2. The largest absolute Gasteiger partial charge is 0.454 e. The van der Waals surface area contributed by atoms with Gasteiger partial charge in [0.1, 0.15) is 5.92 Å². The number of aromatic nitrogens is 1. The maximum Gasteiger partial charge on any atom is 0.234 e. The molecule has 18 heavy (non-hydrogen) atoms. The van der Waals surface area contributed by atoms with E-state index in [4.69, 9.17) is 15.2 Å². The summed E-state index contributed by atoms with van der Waals surface area (Å²) in [7, 11) is 0. The number of rotatable bonds is 3. The molecule has 5 heteroatoms. The summed E-state index contributed by atoms with van der Waals surface area (Å²) in [6.45, 7) is 0.203. The number of fused-ring (bicyclic) bond motifs is 1. The second kappa shape index (κ2) is 4.10. The lowest BCUT2D eigenvalue weighted by Crippen LogP contribution is -2.22. The quantitative estimate of drug-likeness (QED) is 0.850. The molecular formula is C13H11N2O3. The molecule has 0 aliphatic carbocycles. The average Bonchev–Trinajstić information content (AvgIpc) is 2.98. The van der Waals surface area contributed by atoms with Crippen molar-refractivity contribution in [2.45, 2.75) is 0 Å². The van der Waals surface area contributed by atoms with Crippen LogP contribution in [0.4, 0.5) is 0 Å². The minimum absolute atomic E-state index is 0.203. The van der Waals surface area contributed by atoms with E-state index >= 15 is 0 Å². The van der Waals surface area contributed by atoms with Gasteiger partial charge in [-0.3, -0.25) is 4.79 Å². The Kier molecular flexibility index (Phi) is 2.44. The maximum absolute atomic E-state index is 11.6. The lowest BCUT2D eigenvalue weighted by Gasteiger charge is -2.11. The van der Waals surface area contributed by atoms with Crippen LogP contribution >= 0.6 is 0 Å². The molecular weight excluding hydrogens is 232 g/mol. The molecule has 91 valence electrons. The molecule has 0 saturated heterocycles. The number of H-pyrrole nitrogens is 1. The van der Waals surface area contributed by atoms with Crippen molar-refractivity contribution in [2.75, 3.05) is 6.79 Å². The molecule has 1 amide bonds. The number of primary amides is 1. The minimum atomic E-state index is -0.478. The van der Waals surface area contributed by atoms with Crippen molar-refractivity contribution in [3.05, 3.63) is 53.7 Å². The fourth-order valence-corrected chi connectivity index (χ4v) is 1.98. The third-order valence-corrected chi connectivity index (χ3v) is 2.79. The van der Waals surface area contributed by atoms with E-state index < -0.39 is 5.91 Å². The highest BCUT2D eigenvalue weighted by Crippen LogP contribution is 2.35. The van der Waals surface area contributed by atoms with Crippen LogP contribution in [0.5, 0.6) is 11.5 Å². The van der Waals surface area contributed by atoms with Gasteiger partial charge in [-0.15, -0.1) is 0 Å². The van der Waals surface area contributed by atoms with E-state index in [2.05, 4.69) is 4.98 Å². The lowest BCUT2D eigenvalue weighted by molar-refractivity contribution is -0.115. The first-order valence-electron chi connectivity index (χ1n) is 5.45. The van der Waals surface area contributed by atoms with Gasteiger partial charge in [-0.05, 0) is 29.3 Å². The van der Waals surface area contributed by atoms with Gasteiger partial charge < -0.3 is 20.2 Å². The highest BCUT2D eigenvalue weighted by atomic mass is 16.7. The summed E-state index contributed by atoms with van der Waals surface area (Å²) in [6.07, 6.45) is 3.47. The van der Waals surface area contributed by atoms with Crippen LogP contribution in [0, 0.1) is 5.92 Å². The van der Waals surface area contributed by atoms with E-state index in [-0.39, 0.29) is 6.79 Å². The molecule has 2 heterocycles. The number of nitrogens with one attached hydrogen (secondary N) is 1. The smallest absolute Gasteiger partial charge is 0.234 e. The number of hydrogen-bond acceptors (Lipinski definition) is 3. The van der Waals surface area contributed by atoms with Crippen molar-refractivity contribution in [3.63, 3.8) is 0 Å². The molecule has 0 unspecified atom stereocenters. The van der Waals surface area contributed by atoms with E-state index in [1.807, 2.05) is 0 Å². The van der Waals surface area contributed by atoms with E-state index in [0.717, 1.165) is 5.56 Å². The molecule has 1 aromatic heterocycles. The van der Waals surface area contributed by atoms with Gasteiger partial charge in [-0.2, -0.15) is 0 Å². The van der Waals surface area contributed by atoms with Crippen LogP contribution in [-0.2, 0) is 4.79 Å². The molecule has 1 radical (unpaired) electrons. The van der Waals surface area contributed by atoms with Gasteiger partial charge in [0.15, 0.2) is 11.5 Å². The third-order valence-electron chi connectivity index (χ3n) is 2.79. The Bertz CT molecular complexity index is 578. The predicted molar refractivity (Wildman–Crippen MR) is 64.0 cm³/mol. The monoisotopic (exact) mass is 243 g/mol. The van der Waals surface area contributed by atoms with Crippen LogP contribution in [0.25, 0.3) is 0 Å². The first-order chi connectivity index (χ1) is 8.75. The van der Waals surface area contributed by atoms with Crippen LogP contribution in [0.3, 0.4) is 0 Å². The summed E-state index contributed by atoms with van der Waals surface area (Å²) in [5.74, 6) is 1.28. The average molecular weight is 243 g/mol. The topological polar surface area (TPSA) is 77.3 Å². The number of aromatic amines is 1. The van der Waals surface area contributed by atoms with Crippen molar-refractivity contribution in [3.8, 4) is 11.5 Å². The molecule has 0 atom stereocenters. The van der Waals surface area contributed by atoms with Crippen LogP contribution in [-0.4, -0.2) is 17.7 Å². The molecule has 2 aromatic rings. The zero-order valence-electron chi connectivity index (χ0n) is 9.47. The van der Waals surface area contributed by atoms with E-state index in [1.165, 1.54) is 0 Å². The van der Waals surface area contributed by atoms with Crippen molar-refractivity contribution < 1.29 is 14.3 Å². The van der Waals surface area contributed by atoms with Crippen molar-refractivity contribution in [2.24, 2.45) is 5.73 Å². The first kappa shape index (κ1) is 10.7. The van der Waals surface area contributed by atoms with E-state index in [0.29, 0.717) is 23.0 Å². The molecule has 0 saturated carbocycles. The van der Waals surface area contributed by atoms with Gasteiger partial charge >= 0.3 is 0 Å². The molecule has 5 nitrogen and oxygen atoms in total. The molecule has 3 rings (SSSR count). The van der Waals surface area contributed by atoms with Crippen molar-refractivity contribution in [1.82, 2.24) is 4.98 Å². The van der Waals surface area contributed by atoms with E-state index in [9.17, 15) is 4.79 Å². The summed E-state index contributed by atoms with van der Waals surface area (Å²) in [6, 6.07) is 7.12. The fourth-order valence-electron chi connectivity index (χ4n) is 1.98. The maximum atomic E-state index is 11.6. The number of carbonyl (C=O) groups is 1. The summed E-state index contributed by atoms with van der Waals surface area (Å²) < 4.78 is 10.5. The Morgan fingerprint density at radius 3 is 2.72 bits per heavy atom. The Labute approximate surface area is 104 Å². The Morgan fingerprint density at radius 2 is 2.00 bits per heavy atom. The minimum Gasteiger partial charge on any atom is -0.454 e. The fraction of sp³-hybridized carbons (Fsp3) is 0.0769. The van der Waals surface area contributed by atoms with Gasteiger partial charge in [0, 0.05) is 12.4 Å². The number of nitrogens with two attached hydrogens (primary N) is 1. The molecule has 1 aliphatic heterocycles. The molecule has 0 bridgehead atoms. The second-order valence-electron chi connectivity index (χ2n) is 3.91. The van der Waals surface area contributed by atoms with Gasteiger partial charge in [0.25, 0.3) is 0 Å². The van der Waals surface area contributed by atoms with Crippen molar-refractivity contribution >= 4 is 5.91 Å². The third kappa shape index (κ3) is 1.69. The number of ether oxygens (including phenoxy) is 2. The predicted octanol–water partition coefficient (Wildman–Crippen LogP) is 1.20. The van der Waals surface area contributed by atoms with Gasteiger partial charge in [-0.25, -0.2) is 0 Å². The number of benzene rings is 1. The molecule has 0 spiro atoms. The van der Waals surface area contributed by atoms with Crippen LogP contribution in [0.15, 0.2) is 36.7 Å². The summed E-state index contributed by atoms with van der Waals surface area (Å²) in [4.78, 5) is 14.5. The molecule has 1 aliphatic rings. The van der Waals surface area contributed by atoms with Crippen molar-refractivity contribution in [1.29, 1.82) is 0 Å². The number of amides is 1. The summed E-state index contributed by atoms with van der Waals surface area (Å²) in [5.41, 5.74) is 6.91. The standard InChI is InChI=1S/C13H11N2O3/c14-13(16)12(9-3-4-15-6-9)8-1-2-10-11(5-8)18-7-17-10/h1-6,15H,7H2,(H2,14,16). The number of carbonyl (C=O) groups excluding carboxylic acids is 1.